The first-order valence-electron chi connectivity index (χ1n) is 10.00. The lowest BCUT2D eigenvalue weighted by Crippen LogP contribution is -2.44. The highest BCUT2D eigenvalue weighted by Gasteiger charge is 2.20. The number of amides is 2. The molecular weight excluding hydrogens is 428 g/mol. The number of carbonyl (C=O) groups is 2. The molecule has 32 heavy (non-hydrogen) atoms. The van der Waals surface area contributed by atoms with Crippen molar-refractivity contribution in [2.24, 2.45) is 0 Å². The van der Waals surface area contributed by atoms with Crippen molar-refractivity contribution in [3.63, 3.8) is 0 Å². The fourth-order valence-corrected chi connectivity index (χ4v) is 3.06. The van der Waals surface area contributed by atoms with Crippen molar-refractivity contribution in [3.8, 4) is 17.1 Å². The van der Waals surface area contributed by atoms with Gasteiger partial charge >= 0.3 is 0 Å². The van der Waals surface area contributed by atoms with Crippen molar-refractivity contribution in [2.75, 3.05) is 7.11 Å². The molecule has 1 heterocycles. The summed E-state index contributed by atoms with van der Waals surface area (Å²) in [6, 6.07) is 17.4. The number of hydrogen-bond acceptors (Lipinski definition) is 4. The van der Waals surface area contributed by atoms with Crippen molar-refractivity contribution < 1.29 is 18.7 Å². The molecule has 7 heteroatoms. The normalized spacial score (nSPS) is 11.7. The first kappa shape index (κ1) is 23.2. The number of carbonyl (C=O) groups excluding carboxylic acids is 2. The van der Waals surface area contributed by atoms with E-state index in [2.05, 4.69) is 10.6 Å². The van der Waals surface area contributed by atoms with E-state index in [1.54, 1.807) is 55.6 Å². The molecule has 0 spiro atoms. The third kappa shape index (κ3) is 6.25. The second kappa shape index (κ2) is 9.75. The van der Waals surface area contributed by atoms with E-state index in [1.165, 1.54) is 6.08 Å². The summed E-state index contributed by atoms with van der Waals surface area (Å²) in [5.41, 5.74) is 0.767. The van der Waals surface area contributed by atoms with Crippen molar-refractivity contribution in [1.82, 2.24) is 10.6 Å². The summed E-state index contributed by atoms with van der Waals surface area (Å²) >= 11 is 6.06. The van der Waals surface area contributed by atoms with Crippen molar-refractivity contribution in [3.05, 3.63) is 82.7 Å². The molecule has 0 fully saturated rings. The van der Waals surface area contributed by atoms with Gasteiger partial charge in [-0.1, -0.05) is 23.7 Å². The van der Waals surface area contributed by atoms with Crippen LogP contribution in [0.5, 0.6) is 5.75 Å². The van der Waals surface area contributed by atoms with Crippen LogP contribution in [0, 0.1) is 0 Å². The second-order valence-corrected chi connectivity index (χ2v) is 8.59. The lowest BCUT2D eigenvalue weighted by Gasteiger charge is -2.21. The zero-order valence-electron chi connectivity index (χ0n) is 18.4. The Morgan fingerprint density at radius 1 is 1.03 bits per heavy atom. The zero-order chi connectivity index (χ0) is 23.3. The van der Waals surface area contributed by atoms with Crippen LogP contribution in [0.4, 0.5) is 0 Å². The van der Waals surface area contributed by atoms with Gasteiger partial charge in [0, 0.05) is 27.8 Å². The molecule has 0 unspecified atom stereocenters. The van der Waals surface area contributed by atoms with Gasteiger partial charge in [-0.25, -0.2) is 0 Å². The van der Waals surface area contributed by atoms with Crippen LogP contribution in [-0.2, 0) is 4.79 Å². The summed E-state index contributed by atoms with van der Waals surface area (Å²) in [6.45, 7) is 5.58. The molecule has 0 atom stereocenters. The minimum atomic E-state index is -0.490. The van der Waals surface area contributed by atoms with Gasteiger partial charge in [-0.05, 0) is 69.3 Å². The molecule has 0 radical (unpaired) electrons. The summed E-state index contributed by atoms with van der Waals surface area (Å²) in [7, 11) is 1.55. The van der Waals surface area contributed by atoms with Gasteiger partial charge in [0.15, 0.2) is 0 Å². The molecule has 0 saturated heterocycles. The van der Waals surface area contributed by atoms with Gasteiger partial charge in [-0.2, -0.15) is 0 Å². The van der Waals surface area contributed by atoms with E-state index in [4.69, 9.17) is 20.8 Å². The van der Waals surface area contributed by atoms with Gasteiger partial charge in [0.05, 0.1) is 7.11 Å². The van der Waals surface area contributed by atoms with Crippen LogP contribution in [0.1, 0.15) is 36.9 Å². The number of halogens is 1. The molecule has 3 rings (SSSR count). The number of furan rings is 1. The van der Waals surface area contributed by atoms with E-state index in [0.717, 1.165) is 5.56 Å². The van der Waals surface area contributed by atoms with Crippen LogP contribution in [0.25, 0.3) is 17.4 Å². The minimum Gasteiger partial charge on any atom is -0.497 e. The van der Waals surface area contributed by atoms with E-state index in [1.807, 2.05) is 32.9 Å². The third-order valence-corrected chi connectivity index (χ3v) is 4.59. The molecule has 166 valence electrons. The first-order chi connectivity index (χ1) is 15.1. The minimum absolute atomic E-state index is 0.0627. The molecule has 2 amide bonds. The van der Waals surface area contributed by atoms with Gasteiger partial charge in [-0.15, -0.1) is 0 Å². The maximum absolute atomic E-state index is 12.9. The quantitative estimate of drug-likeness (QED) is 0.497. The Labute approximate surface area is 192 Å². The Morgan fingerprint density at radius 3 is 2.38 bits per heavy atom. The Balaban J connectivity index is 1.89. The van der Waals surface area contributed by atoms with Gasteiger partial charge in [0.25, 0.3) is 11.8 Å². The molecule has 3 aromatic rings. The van der Waals surface area contributed by atoms with Crippen LogP contribution in [0.15, 0.2) is 70.8 Å². The van der Waals surface area contributed by atoms with Crippen LogP contribution in [0.3, 0.4) is 0 Å². The van der Waals surface area contributed by atoms with Crippen molar-refractivity contribution in [2.45, 2.75) is 26.3 Å². The van der Waals surface area contributed by atoms with Gasteiger partial charge in [0.2, 0.25) is 0 Å². The number of benzene rings is 2. The lowest BCUT2D eigenvalue weighted by atomic mass is 10.1. The highest BCUT2D eigenvalue weighted by Crippen LogP contribution is 2.25. The number of hydrogen-bond donors (Lipinski definition) is 2. The van der Waals surface area contributed by atoms with E-state index < -0.39 is 17.4 Å². The topological polar surface area (TPSA) is 80.6 Å². The molecule has 2 aromatic carbocycles. The summed E-state index contributed by atoms with van der Waals surface area (Å²) in [4.78, 5) is 25.6. The highest BCUT2D eigenvalue weighted by atomic mass is 35.5. The second-order valence-electron chi connectivity index (χ2n) is 8.16. The highest BCUT2D eigenvalue weighted by molar-refractivity contribution is 6.30. The Bertz CT molecular complexity index is 1140. The maximum Gasteiger partial charge on any atom is 0.268 e. The van der Waals surface area contributed by atoms with Crippen LogP contribution >= 0.6 is 11.6 Å². The molecule has 0 aliphatic rings. The third-order valence-electron chi connectivity index (χ3n) is 4.36. The SMILES string of the molecule is COc1ccc(C(=O)NC(=Cc2ccc(-c3cccc(Cl)c3)o2)C(=O)NC(C)(C)C)cc1. The molecule has 0 aliphatic heterocycles. The molecule has 0 saturated carbocycles. The van der Waals surface area contributed by atoms with Crippen molar-refractivity contribution >= 4 is 29.5 Å². The molecule has 0 bridgehead atoms. The summed E-state index contributed by atoms with van der Waals surface area (Å²) in [5.74, 6) is 0.779. The average Bonchev–Trinajstić information content (AvgIpc) is 3.21. The van der Waals surface area contributed by atoms with Gasteiger partial charge < -0.3 is 19.8 Å². The predicted octanol–water partition coefficient (Wildman–Crippen LogP) is 5.29. The van der Waals surface area contributed by atoms with E-state index >= 15 is 0 Å². The van der Waals surface area contributed by atoms with E-state index in [-0.39, 0.29) is 5.70 Å². The standard InChI is InChI=1S/C25H25ClN2O4/c1-25(2,3)28-24(30)21(27-23(29)16-8-10-19(31-4)11-9-16)15-20-12-13-22(32-20)17-6-5-7-18(26)14-17/h5-15H,1-4H3,(H,27,29)(H,28,30). The summed E-state index contributed by atoms with van der Waals surface area (Å²) in [6.07, 6.45) is 1.50. The molecule has 2 N–H and O–H groups in total. The predicted molar refractivity (Wildman–Crippen MR) is 125 cm³/mol. The summed E-state index contributed by atoms with van der Waals surface area (Å²) < 4.78 is 11.0. The largest absolute Gasteiger partial charge is 0.497 e. The average molecular weight is 453 g/mol. The first-order valence-corrected chi connectivity index (χ1v) is 10.4. The number of methoxy groups -OCH3 is 1. The van der Waals surface area contributed by atoms with E-state index in [0.29, 0.717) is 27.9 Å². The number of rotatable bonds is 6. The fraction of sp³-hybridized carbons (Fsp3) is 0.200. The van der Waals surface area contributed by atoms with Crippen LogP contribution in [-0.4, -0.2) is 24.5 Å². The monoisotopic (exact) mass is 452 g/mol. The van der Waals surface area contributed by atoms with Crippen molar-refractivity contribution in [1.29, 1.82) is 0 Å². The fourth-order valence-electron chi connectivity index (χ4n) is 2.87. The molecule has 0 aliphatic carbocycles. The Hall–Kier alpha value is -3.51. The number of nitrogens with one attached hydrogen (secondary N) is 2. The molecular formula is C25H25ClN2O4. The number of ether oxygens (including phenoxy) is 1. The Morgan fingerprint density at radius 2 is 1.75 bits per heavy atom. The van der Waals surface area contributed by atoms with Crippen LogP contribution < -0.4 is 15.4 Å². The lowest BCUT2D eigenvalue weighted by molar-refractivity contribution is -0.119. The summed E-state index contributed by atoms with van der Waals surface area (Å²) in [5, 5.41) is 6.14. The zero-order valence-corrected chi connectivity index (χ0v) is 19.1. The van der Waals surface area contributed by atoms with Crippen LogP contribution in [0.2, 0.25) is 5.02 Å². The van der Waals surface area contributed by atoms with E-state index in [9.17, 15) is 9.59 Å². The maximum atomic E-state index is 12.9. The smallest absolute Gasteiger partial charge is 0.268 e. The van der Waals surface area contributed by atoms with Gasteiger partial charge in [-0.3, -0.25) is 9.59 Å². The van der Waals surface area contributed by atoms with Gasteiger partial charge in [0.1, 0.15) is 23.0 Å². The molecule has 1 aromatic heterocycles. The molecule has 6 nitrogen and oxygen atoms in total. The Kier molecular flexibility index (Phi) is 7.05.